The van der Waals surface area contributed by atoms with Gasteiger partial charge in [0.15, 0.2) is 0 Å². The maximum Gasteiger partial charge on any atom is 0.247 e. The molecule has 1 amide bonds. The van der Waals surface area contributed by atoms with Gasteiger partial charge in [0.1, 0.15) is 6.04 Å². The Hall–Kier alpha value is -1.56. The molecule has 1 aliphatic rings. The standard InChI is InChI=1S/C18H22Cl2N4O/c1-2-17(24-13-15(19)11-21-24)18(25)23-9-7-22(8-10-23)12-14-5-3-4-6-16(14)20/h3-6,11,13,17H,2,7-10,12H2,1H3. The van der Waals surface area contributed by atoms with E-state index in [1.165, 1.54) is 0 Å². The van der Waals surface area contributed by atoms with Crippen LogP contribution in [0, 0.1) is 0 Å². The molecule has 3 rings (SSSR count). The minimum atomic E-state index is -0.289. The van der Waals surface area contributed by atoms with Gasteiger partial charge in [-0.15, -0.1) is 0 Å². The molecule has 1 unspecified atom stereocenters. The summed E-state index contributed by atoms with van der Waals surface area (Å²) in [5, 5.41) is 5.54. The highest BCUT2D eigenvalue weighted by Crippen LogP contribution is 2.20. The quantitative estimate of drug-likeness (QED) is 0.796. The van der Waals surface area contributed by atoms with Crippen LogP contribution >= 0.6 is 23.2 Å². The van der Waals surface area contributed by atoms with E-state index in [1.54, 1.807) is 17.1 Å². The molecule has 1 saturated heterocycles. The number of halogens is 2. The molecule has 0 spiro atoms. The van der Waals surface area contributed by atoms with Crippen molar-refractivity contribution < 1.29 is 4.79 Å². The average Bonchev–Trinajstić information content (AvgIpc) is 3.04. The number of carbonyl (C=O) groups is 1. The topological polar surface area (TPSA) is 41.4 Å². The lowest BCUT2D eigenvalue weighted by molar-refractivity contribution is -0.137. The van der Waals surface area contributed by atoms with Crippen molar-refractivity contribution in [2.45, 2.75) is 25.9 Å². The van der Waals surface area contributed by atoms with Crippen LogP contribution in [0.15, 0.2) is 36.7 Å². The second kappa shape index (κ2) is 8.21. The van der Waals surface area contributed by atoms with E-state index in [2.05, 4.69) is 16.1 Å². The van der Waals surface area contributed by atoms with Crippen LogP contribution in [-0.4, -0.2) is 51.7 Å². The molecule has 5 nitrogen and oxygen atoms in total. The Morgan fingerprint density at radius 3 is 2.52 bits per heavy atom. The van der Waals surface area contributed by atoms with Gasteiger partial charge in [-0.05, 0) is 18.1 Å². The third-order valence-corrected chi connectivity index (χ3v) is 5.16. The Labute approximate surface area is 158 Å². The van der Waals surface area contributed by atoms with Crippen LogP contribution in [0.2, 0.25) is 10.0 Å². The lowest BCUT2D eigenvalue weighted by Gasteiger charge is -2.36. The number of hydrogen-bond donors (Lipinski definition) is 0. The van der Waals surface area contributed by atoms with Crippen LogP contribution in [0.4, 0.5) is 0 Å². The fraction of sp³-hybridized carbons (Fsp3) is 0.444. The first kappa shape index (κ1) is 18.2. The van der Waals surface area contributed by atoms with Gasteiger partial charge < -0.3 is 4.90 Å². The van der Waals surface area contributed by atoms with Gasteiger partial charge in [-0.25, -0.2) is 0 Å². The summed E-state index contributed by atoms with van der Waals surface area (Å²) in [4.78, 5) is 17.1. The number of hydrogen-bond acceptors (Lipinski definition) is 3. The molecule has 2 aromatic rings. The summed E-state index contributed by atoms with van der Waals surface area (Å²) in [6.45, 7) is 5.92. The Kier molecular flexibility index (Phi) is 5.99. The monoisotopic (exact) mass is 380 g/mol. The second-order valence-electron chi connectivity index (χ2n) is 6.26. The molecule has 0 radical (unpaired) electrons. The zero-order valence-corrected chi connectivity index (χ0v) is 15.7. The molecule has 1 aliphatic heterocycles. The normalized spacial score (nSPS) is 16.8. The molecule has 134 valence electrons. The molecule has 1 aromatic heterocycles. The molecular weight excluding hydrogens is 359 g/mol. The van der Waals surface area contributed by atoms with Gasteiger partial charge in [0, 0.05) is 43.9 Å². The molecule has 2 heterocycles. The van der Waals surface area contributed by atoms with Crippen LogP contribution in [0.1, 0.15) is 24.9 Å². The number of piperazine rings is 1. The molecule has 0 bridgehead atoms. The van der Waals surface area contributed by atoms with E-state index < -0.39 is 0 Å². The number of rotatable bonds is 5. The Bertz CT molecular complexity index is 725. The van der Waals surface area contributed by atoms with Crippen molar-refractivity contribution in [2.24, 2.45) is 0 Å². The summed E-state index contributed by atoms with van der Waals surface area (Å²) in [6.07, 6.45) is 3.97. The van der Waals surface area contributed by atoms with Crippen LogP contribution in [0.3, 0.4) is 0 Å². The number of carbonyl (C=O) groups excluding carboxylic acids is 1. The molecule has 7 heteroatoms. The summed E-state index contributed by atoms with van der Waals surface area (Å²) in [5.41, 5.74) is 1.13. The summed E-state index contributed by atoms with van der Waals surface area (Å²) >= 11 is 12.2. The Balaban J connectivity index is 1.58. The van der Waals surface area contributed by atoms with Gasteiger partial charge in [-0.2, -0.15) is 5.10 Å². The smallest absolute Gasteiger partial charge is 0.247 e. The van der Waals surface area contributed by atoms with Crippen molar-refractivity contribution in [3.63, 3.8) is 0 Å². The fourth-order valence-corrected chi connectivity index (χ4v) is 3.50. The van der Waals surface area contributed by atoms with Gasteiger partial charge >= 0.3 is 0 Å². The number of amides is 1. The molecule has 0 aliphatic carbocycles. The van der Waals surface area contributed by atoms with Crippen molar-refractivity contribution in [1.82, 2.24) is 19.6 Å². The van der Waals surface area contributed by atoms with Crippen molar-refractivity contribution in [2.75, 3.05) is 26.2 Å². The fourth-order valence-electron chi connectivity index (χ4n) is 3.16. The predicted octanol–water partition coefficient (Wildman–Crippen LogP) is 3.49. The van der Waals surface area contributed by atoms with Crippen LogP contribution in [0.25, 0.3) is 0 Å². The molecule has 1 aromatic carbocycles. The third kappa shape index (κ3) is 4.35. The minimum Gasteiger partial charge on any atom is -0.338 e. The Morgan fingerprint density at radius 1 is 1.20 bits per heavy atom. The molecule has 1 fully saturated rings. The van der Waals surface area contributed by atoms with Crippen LogP contribution in [-0.2, 0) is 11.3 Å². The van der Waals surface area contributed by atoms with Gasteiger partial charge in [-0.3, -0.25) is 14.4 Å². The zero-order chi connectivity index (χ0) is 17.8. The third-order valence-electron chi connectivity index (χ3n) is 4.60. The first-order valence-corrected chi connectivity index (χ1v) is 9.28. The second-order valence-corrected chi connectivity index (χ2v) is 7.10. The van der Waals surface area contributed by atoms with E-state index in [9.17, 15) is 4.79 Å². The van der Waals surface area contributed by atoms with Gasteiger partial charge in [0.05, 0.1) is 11.2 Å². The summed E-state index contributed by atoms with van der Waals surface area (Å²) in [6, 6.07) is 7.62. The summed E-state index contributed by atoms with van der Waals surface area (Å²) in [5.74, 6) is 0.111. The molecule has 1 atom stereocenters. The van der Waals surface area contributed by atoms with Crippen molar-refractivity contribution in [3.8, 4) is 0 Å². The van der Waals surface area contributed by atoms with E-state index in [4.69, 9.17) is 23.2 Å². The van der Waals surface area contributed by atoms with Crippen molar-refractivity contribution in [1.29, 1.82) is 0 Å². The number of benzene rings is 1. The van der Waals surface area contributed by atoms with E-state index in [1.807, 2.05) is 30.0 Å². The van der Waals surface area contributed by atoms with E-state index in [0.29, 0.717) is 11.4 Å². The highest BCUT2D eigenvalue weighted by molar-refractivity contribution is 6.31. The largest absolute Gasteiger partial charge is 0.338 e. The lowest BCUT2D eigenvalue weighted by Crippen LogP contribution is -2.50. The molecule has 25 heavy (non-hydrogen) atoms. The molecule has 0 N–H and O–H groups in total. The molecular formula is C18H22Cl2N4O. The van der Waals surface area contributed by atoms with E-state index >= 15 is 0 Å². The maximum atomic E-state index is 12.8. The number of nitrogens with zero attached hydrogens (tertiary/aromatic N) is 4. The minimum absolute atomic E-state index is 0.111. The first-order valence-electron chi connectivity index (χ1n) is 8.52. The van der Waals surface area contributed by atoms with Crippen LogP contribution in [0.5, 0.6) is 0 Å². The van der Waals surface area contributed by atoms with Gasteiger partial charge in [-0.1, -0.05) is 48.3 Å². The highest BCUT2D eigenvalue weighted by atomic mass is 35.5. The van der Waals surface area contributed by atoms with Crippen LogP contribution < -0.4 is 0 Å². The van der Waals surface area contributed by atoms with Gasteiger partial charge in [0.2, 0.25) is 5.91 Å². The average molecular weight is 381 g/mol. The zero-order valence-electron chi connectivity index (χ0n) is 14.2. The predicted molar refractivity (Wildman–Crippen MR) is 99.9 cm³/mol. The first-order chi connectivity index (χ1) is 12.1. The summed E-state index contributed by atoms with van der Waals surface area (Å²) in [7, 11) is 0. The lowest BCUT2D eigenvalue weighted by atomic mass is 10.1. The highest BCUT2D eigenvalue weighted by Gasteiger charge is 2.28. The maximum absolute atomic E-state index is 12.8. The summed E-state index contributed by atoms with van der Waals surface area (Å²) < 4.78 is 1.67. The van der Waals surface area contributed by atoms with Crippen molar-refractivity contribution in [3.05, 3.63) is 52.3 Å². The van der Waals surface area contributed by atoms with E-state index in [0.717, 1.165) is 43.3 Å². The SMILES string of the molecule is CCC(C(=O)N1CCN(Cc2ccccc2Cl)CC1)n1cc(Cl)cn1. The number of aromatic nitrogens is 2. The van der Waals surface area contributed by atoms with E-state index in [-0.39, 0.29) is 11.9 Å². The van der Waals surface area contributed by atoms with Crippen molar-refractivity contribution >= 4 is 29.1 Å². The molecule has 0 saturated carbocycles. The Morgan fingerprint density at radius 2 is 1.92 bits per heavy atom. The van der Waals surface area contributed by atoms with Gasteiger partial charge in [0.25, 0.3) is 0 Å².